The molecule has 2 amide bonds. The molecule has 0 aromatic heterocycles. The predicted molar refractivity (Wildman–Crippen MR) is 60.2 cm³/mol. The fourth-order valence-corrected chi connectivity index (χ4v) is 1.34. The fourth-order valence-electron chi connectivity index (χ4n) is 1.34. The van der Waals surface area contributed by atoms with Crippen LogP contribution >= 0.6 is 0 Å². The SMILES string of the molecule is CC(C)C(C)NC(=O)N(CC(=O)O)C1CC1. The highest BCUT2D eigenvalue weighted by Crippen LogP contribution is 2.26. The Bertz CT molecular complexity index is 274. The lowest BCUT2D eigenvalue weighted by Gasteiger charge is -2.25. The van der Waals surface area contributed by atoms with Gasteiger partial charge in [-0.25, -0.2) is 4.79 Å². The summed E-state index contributed by atoms with van der Waals surface area (Å²) in [6.45, 7) is 5.75. The van der Waals surface area contributed by atoms with Crippen molar-refractivity contribution in [3.05, 3.63) is 0 Å². The first-order valence-electron chi connectivity index (χ1n) is 5.70. The monoisotopic (exact) mass is 228 g/mol. The van der Waals surface area contributed by atoms with E-state index in [0.29, 0.717) is 5.92 Å². The molecule has 1 atom stereocenters. The molecule has 0 radical (unpaired) electrons. The van der Waals surface area contributed by atoms with Gasteiger partial charge in [0.25, 0.3) is 0 Å². The van der Waals surface area contributed by atoms with Crippen LogP contribution in [0, 0.1) is 5.92 Å². The van der Waals surface area contributed by atoms with Gasteiger partial charge in [-0.3, -0.25) is 4.79 Å². The van der Waals surface area contributed by atoms with E-state index >= 15 is 0 Å². The molecule has 1 aliphatic rings. The van der Waals surface area contributed by atoms with Crippen LogP contribution in [0.2, 0.25) is 0 Å². The second kappa shape index (κ2) is 5.18. The standard InChI is InChI=1S/C11H20N2O3/c1-7(2)8(3)12-11(16)13(6-10(14)15)9-4-5-9/h7-9H,4-6H2,1-3H3,(H,12,16)(H,14,15). The van der Waals surface area contributed by atoms with Crippen molar-refractivity contribution >= 4 is 12.0 Å². The first-order valence-corrected chi connectivity index (χ1v) is 5.70. The summed E-state index contributed by atoms with van der Waals surface area (Å²) in [6, 6.07) is -0.0795. The van der Waals surface area contributed by atoms with Crippen LogP contribution in [0.25, 0.3) is 0 Å². The largest absolute Gasteiger partial charge is 0.480 e. The molecule has 1 saturated carbocycles. The Morgan fingerprint density at radius 1 is 1.38 bits per heavy atom. The molecule has 5 nitrogen and oxygen atoms in total. The summed E-state index contributed by atoms with van der Waals surface area (Å²) in [5.41, 5.74) is 0. The second-order valence-corrected chi connectivity index (χ2v) is 4.73. The van der Waals surface area contributed by atoms with Crippen molar-refractivity contribution in [1.82, 2.24) is 10.2 Å². The van der Waals surface area contributed by atoms with E-state index in [-0.39, 0.29) is 24.7 Å². The van der Waals surface area contributed by atoms with Gasteiger partial charge >= 0.3 is 12.0 Å². The molecule has 92 valence electrons. The van der Waals surface area contributed by atoms with E-state index in [2.05, 4.69) is 5.32 Å². The number of nitrogens with one attached hydrogen (secondary N) is 1. The number of urea groups is 1. The first kappa shape index (κ1) is 12.8. The molecule has 0 saturated heterocycles. The second-order valence-electron chi connectivity index (χ2n) is 4.73. The molecular formula is C11H20N2O3. The molecule has 0 aromatic carbocycles. The molecule has 0 aromatic rings. The van der Waals surface area contributed by atoms with Crippen LogP contribution in [-0.4, -0.2) is 40.6 Å². The minimum absolute atomic E-state index is 0.0579. The van der Waals surface area contributed by atoms with Crippen molar-refractivity contribution in [2.75, 3.05) is 6.54 Å². The molecule has 0 aliphatic heterocycles. The number of amides is 2. The van der Waals surface area contributed by atoms with Crippen LogP contribution in [0.1, 0.15) is 33.6 Å². The summed E-state index contributed by atoms with van der Waals surface area (Å²) in [6.07, 6.45) is 1.83. The highest BCUT2D eigenvalue weighted by atomic mass is 16.4. The van der Waals surface area contributed by atoms with Crippen molar-refractivity contribution in [3.63, 3.8) is 0 Å². The Balaban J connectivity index is 2.50. The number of rotatable bonds is 5. The lowest BCUT2D eigenvalue weighted by molar-refractivity contribution is -0.137. The molecule has 1 fully saturated rings. The summed E-state index contributed by atoms with van der Waals surface area (Å²) in [5.74, 6) is -0.617. The number of carbonyl (C=O) groups excluding carboxylic acids is 1. The van der Waals surface area contributed by atoms with Crippen molar-refractivity contribution < 1.29 is 14.7 Å². The minimum atomic E-state index is -0.959. The maximum absolute atomic E-state index is 11.8. The number of carboxylic acids is 1. The van der Waals surface area contributed by atoms with Crippen LogP contribution in [0.15, 0.2) is 0 Å². The Labute approximate surface area is 95.8 Å². The zero-order valence-corrected chi connectivity index (χ0v) is 10.1. The van der Waals surface area contributed by atoms with Crippen LogP contribution in [0.3, 0.4) is 0 Å². The summed E-state index contributed by atoms with van der Waals surface area (Å²) >= 11 is 0. The van der Waals surface area contributed by atoms with E-state index in [1.807, 2.05) is 20.8 Å². The van der Waals surface area contributed by atoms with Crippen molar-refractivity contribution in [1.29, 1.82) is 0 Å². The zero-order valence-electron chi connectivity index (χ0n) is 10.1. The minimum Gasteiger partial charge on any atom is -0.480 e. The Kier molecular flexibility index (Phi) is 4.15. The van der Waals surface area contributed by atoms with E-state index < -0.39 is 5.97 Å². The number of nitrogens with zero attached hydrogens (tertiary/aromatic N) is 1. The van der Waals surface area contributed by atoms with Crippen molar-refractivity contribution in [2.24, 2.45) is 5.92 Å². The van der Waals surface area contributed by atoms with Crippen molar-refractivity contribution in [2.45, 2.75) is 45.7 Å². The average molecular weight is 228 g/mol. The van der Waals surface area contributed by atoms with Gasteiger partial charge in [-0.2, -0.15) is 0 Å². The summed E-state index contributed by atoms with van der Waals surface area (Å²) in [4.78, 5) is 23.9. The van der Waals surface area contributed by atoms with E-state index in [4.69, 9.17) is 5.11 Å². The van der Waals surface area contributed by atoms with E-state index in [1.54, 1.807) is 0 Å². The third-order valence-corrected chi connectivity index (χ3v) is 2.91. The van der Waals surface area contributed by atoms with Gasteiger partial charge in [-0.05, 0) is 25.7 Å². The van der Waals surface area contributed by atoms with Crippen LogP contribution in [0.4, 0.5) is 4.79 Å². The Hall–Kier alpha value is -1.26. The number of hydrogen-bond acceptors (Lipinski definition) is 2. The van der Waals surface area contributed by atoms with E-state index in [9.17, 15) is 9.59 Å². The molecule has 0 heterocycles. The topological polar surface area (TPSA) is 69.6 Å². The van der Waals surface area contributed by atoms with Gasteiger partial charge in [0, 0.05) is 12.1 Å². The Morgan fingerprint density at radius 2 is 1.94 bits per heavy atom. The molecule has 0 spiro atoms. The van der Waals surface area contributed by atoms with Gasteiger partial charge in [-0.15, -0.1) is 0 Å². The molecule has 0 bridgehead atoms. The van der Waals surface area contributed by atoms with Gasteiger partial charge in [0.15, 0.2) is 0 Å². The van der Waals surface area contributed by atoms with Crippen LogP contribution in [-0.2, 0) is 4.79 Å². The number of hydrogen-bond donors (Lipinski definition) is 2. The first-order chi connectivity index (χ1) is 7.41. The number of aliphatic carboxylic acids is 1. The normalized spacial score (nSPS) is 17.0. The zero-order chi connectivity index (χ0) is 12.3. The van der Waals surface area contributed by atoms with Gasteiger partial charge < -0.3 is 15.3 Å². The highest BCUT2D eigenvalue weighted by Gasteiger charge is 2.34. The number of carbonyl (C=O) groups is 2. The molecule has 5 heteroatoms. The van der Waals surface area contributed by atoms with E-state index in [1.165, 1.54) is 4.90 Å². The molecule has 1 aliphatic carbocycles. The average Bonchev–Trinajstić information content (AvgIpc) is 2.96. The van der Waals surface area contributed by atoms with E-state index in [0.717, 1.165) is 12.8 Å². The Morgan fingerprint density at radius 3 is 2.31 bits per heavy atom. The third kappa shape index (κ3) is 3.72. The maximum Gasteiger partial charge on any atom is 0.323 e. The molecular weight excluding hydrogens is 208 g/mol. The van der Waals surface area contributed by atoms with Gasteiger partial charge in [0.1, 0.15) is 6.54 Å². The quantitative estimate of drug-likeness (QED) is 0.745. The summed E-state index contributed by atoms with van der Waals surface area (Å²) in [7, 11) is 0. The lowest BCUT2D eigenvalue weighted by atomic mass is 10.1. The smallest absolute Gasteiger partial charge is 0.323 e. The number of carboxylic acid groups (broad SMARTS) is 1. The molecule has 16 heavy (non-hydrogen) atoms. The summed E-state index contributed by atoms with van der Waals surface area (Å²) in [5, 5.41) is 11.6. The van der Waals surface area contributed by atoms with Crippen molar-refractivity contribution in [3.8, 4) is 0 Å². The third-order valence-electron chi connectivity index (χ3n) is 2.91. The van der Waals surface area contributed by atoms with Gasteiger partial charge in [0.2, 0.25) is 0 Å². The predicted octanol–water partition coefficient (Wildman–Crippen LogP) is 1.29. The fraction of sp³-hybridized carbons (Fsp3) is 0.818. The lowest BCUT2D eigenvalue weighted by Crippen LogP contribution is -2.48. The summed E-state index contributed by atoms with van der Waals surface area (Å²) < 4.78 is 0. The van der Waals surface area contributed by atoms with Gasteiger partial charge in [-0.1, -0.05) is 13.8 Å². The van der Waals surface area contributed by atoms with Crippen LogP contribution in [0.5, 0.6) is 0 Å². The van der Waals surface area contributed by atoms with Gasteiger partial charge in [0.05, 0.1) is 0 Å². The molecule has 1 rings (SSSR count). The maximum atomic E-state index is 11.8. The highest BCUT2D eigenvalue weighted by molar-refractivity contribution is 5.80. The molecule has 2 N–H and O–H groups in total. The molecule has 1 unspecified atom stereocenters. The van der Waals surface area contributed by atoms with Crippen LogP contribution < -0.4 is 5.32 Å².